The van der Waals surface area contributed by atoms with Gasteiger partial charge in [-0.15, -0.1) is 0 Å². The summed E-state index contributed by atoms with van der Waals surface area (Å²) in [4.78, 5) is 16.5. The maximum Gasteiger partial charge on any atom is 0.244 e. The molecule has 1 atom stereocenters. The third-order valence-electron chi connectivity index (χ3n) is 3.53. The Morgan fingerprint density at radius 1 is 1.23 bits per heavy atom. The minimum atomic E-state index is -3.51. The van der Waals surface area contributed by atoms with E-state index in [-0.39, 0.29) is 16.1 Å². The Kier molecular flexibility index (Phi) is 7.05. The predicted molar refractivity (Wildman–Crippen MR) is 104 cm³/mol. The van der Waals surface area contributed by atoms with E-state index in [0.29, 0.717) is 16.6 Å². The number of pyridine rings is 1. The molecule has 0 saturated carbocycles. The smallest absolute Gasteiger partial charge is 0.244 e. The molecule has 140 valence electrons. The van der Waals surface area contributed by atoms with E-state index in [1.54, 1.807) is 25.1 Å². The van der Waals surface area contributed by atoms with Crippen LogP contribution in [0.1, 0.15) is 12.5 Å². The van der Waals surface area contributed by atoms with Gasteiger partial charge in [0.05, 0.1) is 10.3 Å². The molecule has 0 aliphatic heterocycles. The number of carbonyl (C=O) groups is 1. The highest BCUT2D eigenvalue weighted by molar-refractivity contribution is 8.00. The molecular formula is C17H20ClN3O3S2. The Labute approximate surface area is 163 Å². The zero-order chi connectivity index (χ0) is 19.3. The number of rotatable bonds is 7. The molecule has 2 aromatic rings. The second-order valence-electron chi connectivity index (χ2n) is 5.72. The van der Waals surface area contributed by atoms with Gasteiger partial charge in [-0.05, 0) is 36.8 Å². The maximum atomic E-state index is 12.2. The first-order chi connectivity index (χ1) is 12.2. The number of carbonyl (C=O) groups excluding carboxylic acids is 1. The molecule has 1 aromatic carbocycles. The van der Waals surface area contributed by atoms with E-state index in [1.807, 2.05) is 12.1 Å². The van der Waals surface area contributed by atoms with Crippen LogP contribution in [0, 0.1) is 0 Å². The topological polar surface area (TPSA) is 79.4 Å². The number of nitrogens with one attached hydrogen (secondary N) is 1. The second kappa shape index (κ2) is 8.85. The lowest BCUT2D eigenvalue weighted by Crippen LogP contribution is -2.30. The number of thioether (sulfide) groups is 1. The van der Waals surface area contributed by atoms with Gasteiger partial charge in [0.15, 0.2) is 0 Å². The highest BCUT2D eigenvalue weighted by Gasteiger charge is 2.19. The fraction of sp³-hybridized carbons (Fsp3) is 0.294. The van der Waals surface area contributed by atoms with E-state index in [0.717, 1.165) is 9.87 Å². The first-order valence-electron chi connectivity index (χ1n) is 7.77. The van der Waals surface area contributed by atoms with Crippen LogP contribution in [0.15, 0.2) is 52.5 Å². The average molecular weight is 414 g/mol. The van der Waals surface area contributed by atoms with Crippen LogP contribution >= 0.6 is 23.4 Å². The third kappa shape index (κ3) is 5.44. The van der Waals surface area contributed by atoms with Gasteiger partial charge < -0.3 is 5.32 Å². The molecule has 2 rings (SSSR count). The summed E-state index contributed by atoms with van der Waals surface area (Å²) in [5.74, 6) is -0.128. The van der Waals surface area contributed by atoms with E-state index < -0.39 is 10.0 Å². The van der Waals surface area contributed by atoms with E-state index in [1.165, 1.54) is 38.1 Å². The predicted octanol–water partition coefficient (Wildman–Crippen LogP) is 2.78. The Bertz CT molecular complexity index is 854. The molecule has 0 aliphatic carbocycles. The normalized spacial score (nSPS) is 12.8. The number of hydrogen-bond donors (Lipinski definition) is 1. The lowest BCUT2D eigenvalue weighted by Gasteiger charge is -2.13. The minimum absolute atomic E-state index is 0.117. The minimum Gasteiger partial charge on any atom is -0.351 e. The fourth-order valence-electron chi connectivity index (χ4n) is 1.97. The van der Waals surface area contributed by atoms with Crippen molar-refractivity contribution in [3.63, 3.8) is 0 Å². The first kappa shape index (κ1) is 20.7. The molecule has 26 heavy (non-hydrogen) atoms. The highest BCUT2D eigenvalue weighted by atomic mass is 35.5. The Balaban J connectivity index is 1.93. The third-order valence-corrected chi connectivity index (χ3v) is 6.64. The number of halogens is 1. The van der Waals surface area contributed by atoms with Crippen LogP contribution in [0.2, 0.25) is 5.02 Å². The standard InChI is InChI=1S/C17H20ClN3O3S2/c1-12(17(22)20-10-13-4-6-14(18)7-5-13)25-16-9-8-15(11-19-16)26(23,24)21(2)3/h4-9,11-12H,10H2,1-3H3,(H,20,22)/t12-/m1/s1. The van der Waals surface area contributed by atoms with Crippen LogP contribution in [-0.4, -0.2) is 43.0 Å². The highest BCUT2D eigenvalue weighted by Crippen LogP contribution is 2.23. The Morgan fingerprint density at radius 2 is 1.88 bits per heavy atom. The number of benzene rings is 1. The molecule has 0 aliphatic rings. The fourth-order valence-corrected chi connectivity index (χ4v) is 3.76. The summed E-state index contributed by atoms with van der Waals surface area (Å²) in [5, 5.41) is 3.71. The van der Waals surface area contributed by atoms with E-state index in [9.17, 15) is 13.2 Å². The zero-order valence-corrected chi connectivity index (χ0v) is 17.0. The summed E-state index contributed by atoms with van der Waals surface area (Å²) in [6.07, 6.45) is 1.30. The van der Waals surface area contributed by atoms with Gasteiger partial charge in [-0.3, -0.25) is 4.79 Å². The summed E-state index contributed by atoms with van der Waals surface area (Å²) >= 11 is 7.10. The molecule has 0 saturated heterocycles. The molecule has 0 bridgehead atoms. The molecule has 1 heterocycles. The molecule has 0 radical (unpaired) electrons. The summed E-state index contributed by atoms with van der Waals surface area (Å²) < 4.78 is 25.2. The number of aromatic nitrogens is 1. The van der Waals surface area contributed by atoms with Crippen molar-refractivity contribution in [2.75, 3.05) is 14.1 Å². The summed E-state index contributed by atoms with van der Waals surface area (Å²) in [5.41, 5.74) is 0.955. The number of amides is 1. The maximum absolute atomic E-state index is 12.2. The van der Waals surface area contributed by atoms with Crippen molar-refractivity contribution in [2.24, 2.45) is 0 Å². The second-order valence-corrected chi connectivity index (χ2v) is 9.67. The Hall–Kier alpha value is -1.61. The largest absolute Gasteiger partial charge is 0.351 e. The van der Waals surface area contributed by atoms with Gasteiger partial charge in [0.2, 0.25) is 15.9 Å². The molecule has 0 fully saturated rings. The Morgan fingerprint density at radius 3 is 2.42 bits per heavy atom. The summed E-state index contributed by atoms with van der Waals surface area (Å²) in [6, 6.07) is 10.3. The van der Waals surface area contributed by atoms with Crippen molar-refractivity contribution in [1.82, 2.24) is 14.6 Å². The van der Waals surface area contributed by atoms with Crippen molar-refractivity contribution >= 4 is 39.3 Å². The average Bonchev–Trinajstić information content (AvgIpc) is 2.61. The molecular weight excluding hydrogens is 394 g/mol. The van der Waals surface area contributed by atoms with Crippen LogP contribution in [0.5, 0.6) is 0 Å². The van der Waals surface area contributed by atoms with Gasteiger partial charge in [-0.2, -0.15) is 0 Å². The van der Waals surface area contributed by atoms with Crippen LogP contribution in [-0.2, 0) is 21.4 Å². The lowest BCUT2D eigenvalue weighted by molar-refractivity contribution is -0.120. The molecule has 1 amide bonds. The van der Waals surface area contributed by atoms with Crippen LogP contribution in [0.3, 0.4) is 0 Å². The van der Waals surface area contributed by atoms with Crippen molar-refractivity contribution in [3.05, 3.63) is 53.2 Å². The van der Waals surface area contributed by atoms with Crippen molar-refractivity contribution in [2.45, 2.75) is 28.6 Å². The summed E-state index contributed by atoms with van der Waals surface area (Å²) in [7, 11) is -0.581. The van der Waals surface area contributed by atoms with Gasteiger partial charge in [0.1, 0.15) is 4.90 Å². The number of sulfonamides is 1. The quantitative estimate of drug-likeness (QED) is 0.706. The molecule has 1 N–H and O–H groups in total. The molecule has 0 unspecified atom stereocenters. The van der Waals surface area contributed by atoms with Crippen LogP contribution < -0.4 is 5.32 Å². The van der Waals surface area contributed by atoms with Gasteiger partial charge in [0, 0.05) is 31.9 Å². The zero-order valence-electron chi connectivity index (χ0n) is 14.6. The van der Waals surface area contributed by atoms with Gasteiger partial charge >= 0.3 is 0 Å². The van der Waals surface area contributed by atoms with E-state index >= 15 is 0 Å². The summed E-state index contributed by atoms with van der Waals surface area (Å²) in [6.45, 7) is 2.18. The van der Waals surface area contributed by atoms with Gasteiger partial charge in [0.25, 0.3) is 0 Å². The SMILES string of the molecule is C[C@@H](Sc1ccc(S(=O)(=O)N(C)C)cn1)C(=O)NCc1ccc(Cl)cc1. The monoisotopic (exact) mass is 413 g/mol. The van der Waals surface area contributed by atoms with E-state index in [4.69, 9.17) is 11.6 Å². The number of nitrogens with zero attached hydrogens (tertiary/aromatic N) is 2. The van der Waals surface area contributed by atoms with E-state index in [2.05, 4.69) is 10.3 Å². The van der Waals surface area contributed by atoms with Crippen LogP contribution in [0.4, 0.5) is 0 Å². The molecule has 1 aromatic heterocycles. The van der Waals surface area contributed by atoms with Crippen molar-refractivity contribution < 1.29 is 13.2 Å². The molecule has 6 nitrogen and oxygen atoms in total. The van der Waals surface area contributed by atoms with Crippen LogP contribution in [0.25, 0.3) is 0 Å². The molecule has 0 spiro atoms. The van der Waals surface area contributed by atoms with Gasteiger partial charge in [-0.25, -0.2) is 17.7 Å². The number of hydrogen-bond acceptors (Lipinski definition) is 5. The first-order valence-corrected chi connectivity index (χ1v) is 10.5. The van der Waals surface area contributed by atoms with Crippen molar-refractivity contribution in [3.8, 4) is 0 Å². The van der Waals surface area contributed by atoms with Crippen molar-refractivity contribution in [1.29, 1.82) is 0 Å². The van der Waals surface area contributed by atoms with Gasteiger partial charge in [-0.1, -0.05) is 35.5 Å². The lowest BCUT2D eigenvalue weighted by atomic mass is 10.2. The molecule has 9 heteroatoms.